The first-order valence-corrected chi connectivity index (χ1v) is 7.95. The summed E-state index contributed by atoms with van der Waals surface area (Å²) in [5.41, 5.74) is 1.16. The molecule has 1 aromatic rings. The highest BCUT2D eigenvalue weighted by Gasteiger charge is 2.14. The van der Waals surface area contributed by atoms with Crippen LogP contribution in [0.25, 0.3) is 0 Å². The molecule has 1 saturated heterocycles. The smallest absolute Gasteiger partial charge is 0.263 e. The Kier molecular flexibility index (Phi) is 6.58. The zero-order valence-corrected chi connectivity index (χ0v) is 12.8. The molecule has 1 N–H and O–H groups in total. The van der Waals surface area contributed by atoms with E-state index in [9.17, 15) is 8.78 Å². The van der Waals surface area contributed by atoms with Crippen LogP contribution in [-0.4, -0.2) is 31.1 Å². The van der Waals surface area contributed by atoms with Gasteiger partial charge in [0.25, 0.3) is 6.43 Å². The van der Waals surface area contributed by atoms with Crippen LogP contribution in [-0.2, 0) is 6.54 Å². The Bertz CT molecular complexity index is 398. The standard InChI is InChI=1S/C17H26F2N2/c1-14-7-11-21(12-8-14)10-2-9-20-13-15-3-5-16(6-4-15)17(18)19/h3-6,14,17,20H,2,7-13H2,1H3. The van der Waals surface area contributed by atoms with Crippen LogP contribution in [0.5, 0.6) is 0 Å². The Morgan fingerprint density at radius 1 is 1.19 bits per heavy atom. The molecule has 0 spiro atoms. The van der Waals surface area contributed by atoms with Gasteiger partial charge >= 0.3 is 0 Å². The first-order chi connectivity index (χ1) is 10.1. The fourth-order valence-corrected chi connectivity index (χ4v) is 2.73. The average molecular weight is 296 g/mol. The van der Waals surface area contributed by atoms with E-state index in [0.717, 1.165) is 37.5 Å². The first kappa shape index (κ1) is 16.4. The van der Waals surface area contributed by atoms with Gasteiger partial charge in [0.2, 0.25) is 0 Å². The number of benzene rings is 1. The second kappa shape index (κ2) is 8.44. The Labute approximate surface area is 126 Å². The van der Waals surface area contributed by atoms with E-state index in [2.05, 4.69) is 17.1 Å². The van der Waals surface area contributed by atoms with Crippen molar-refractivity contribution in [2.45, 2.75) is 39.2 Å². The molecule has 0 aromatic heterocycles. The normalized spacial score (nSPS) is 17.5. The van der Waals surface area contributed by atoms with E-state index < -0.39 is 6.43 Å². The summed E-state index contributed by atoms with van der Waals surface area (Å²) in [5.74, 6) is 0.885. The fraction of sp³-hybridized carbons (Fsp3) is 0.647. The van der Waals surface area contributed by atoms with E-state index in [-0.39, 0.29) is 5.56 Å². The van der Waals surface area contributed by atoms with Gasteiger partial charge in [0.05, 0.1) is 0 Å². The molecule has 2 nitrogen and oxygen atoms in total. The predicted molar refractivity (Wildman–Crippen MR) is 82.6 cm³/mol. The lowest BCUT2D eigenvalue weighted by molar-refractivity contribution is 0.151. The van der Waals surface area contributed by atoms with E-state index in [1.807, 2.05) is 0 Å². The molecular formula is C17H26F2N2. The van der Waals surface area contributed by atoms with Crippen LogP contribution < -0.4 is 5.32 Å². The number of piperidine rings is 1. The van der Waals surface area contributed by atoms with Crippen LogP contribution in [0.15, 0.2) is 24.3 Å². The number of hydrogen-bond donors (Lipinski definition) is 1. The van der Waals surface area contributed by atoms with Gasteiger partial charge in [0.1, 0.15) is 0 Å². The van der Waals surface area contributed by atoms with Crippen molar-refractivity contribution in [3.8, 4) is 0 Å². The molecule has 1 aromatic carbocycles. The maximum Gasteiger partial charge on any atom is 0.263 e. The summed E-state index contributed by atoms with van der Waals surface area (Å²) < 4.78 is 24.9. The van der Waals surface area contributed by atoms with Gasteiger partial charge in [0.15, 0.2) is 0 Å². The number of nitrogens with zero attached hydrogens (tertiary/aromatic N) is 1. The van der Waals surface area contributed by atoms with Crippen molar-refractivity contribution in [2.75, 3.05) is 26.2 Å². The van der Waals surface area contributed by atoms with E-state index >= 15 is 0 Å². The lowest BCUT2D eigenvalue weighted by atomic mass is 9.99. The Morgan fingerprint density at radius 3 is 2.48 bits per heavy atom. The largest absolute Gasteiger partial charge is 0.313 e. The zero-order valence-electron chi connectivity index (χ0n) is 12.8. The molecule has 1 fully saturated rings. The van der Waals surface area contributed by atoms with Crippen LogP contribution in [0.1, 0.15) is 43.7 Å². The number of halogens is 2. The lowest BCUT2D eigenvalue weighted by Gasteiger charge is -2.30. The summed E-state index contributed by atoms with van der Waals surface area (Å²) in [6, 6.07) is 6.58. The molecule has 21 heavy (non-hydrogen) atoms. The maximum absolute atomic E-state index is 12.4. The molecule has 0 unspecified atom stereocenters. The van der Waals surface area contributed by atoms with Crippen molar-refractivity contribution in [3.05, 3.63) is 35.4 Å². The molecule has 4 heteroatoms. The highest BCUT2D eigenvalue weighted by atomic mass is 19.3. The summed E-state index contributed by atoms with van der Waals surface area (Å²) in [6.45, 7) is 7.68. The van der Waals surface area contributed by atoms with Gasteiger partial charge in [-0.05, 0) is 56.9 Å². The van der Waals surface area contributed by atoms with Crippen molar-refractivity contribution >= 4 is 0 Å². The Balaban J connectivity index is 1.57. The third kappa shape index (κ3) is 5.71. The van der Waals surface area contributed by atoms with E-state index in [4.69, 9.17) is 0 Å². The summed E-state index contributed by atoms with van der Waals surface area (Å²) in [7, 11) is 0. The van der Waals surface area contributed by atoms with Crippen LogP contribution in [0.2, 0.25) is 0 Å². The van der Waals surface area contributed by atoms with Crippen LogP contribution in [0.3, 0.4) is 0 Å². The molecule has 0 amide bonds. The second-order valence-electron chi connectivity index (χ2n) is 6.10. The van der Waals surface area contributed by atoms with Crippen molar-refractivity contribution in [1.82, 2.24) is 10.2 Å². The summed E-state index contributed by atoms with van der Waals surface area (Å²) in [5, 5.41) is 3.38. The maximum atomic E-state index is 12.4. The zero-order chi connectivity index (χ0) is 15.1. The molecule has 1 aliphatic rings. The third-order valence-corrected chi connectivity index (χ3v) is 4.26. The number of hydrogen-bond acceptors (Lipinski definition) is 2. The summed E-state index contributed by atoms with van der Waals surface area (Å²) >= 11 is 0. The van der Waals surface area contributed by atoms with Crippen molar-refractivity contribution in [1.29, 1.82) is 0 Å². The van der Waals surface area contributed by atoms with Crippen LogP contribution >= 0.6 is 0 Å². The van der Waals surface area contributed by atoms with E-state index in [1.165, 1.54) is 38.1 Å². The minimum atomic E-state index is -2.38. The molecule has 1 aliphatic heterocycles. The molecule has 2 rings (SSSR count). The molecular weight excluding hydrogens is 270 g/mol. The first-order valence-electron chi connectivity index (χ1n) is 7.95. The van der Waals surface area contributed by atoms with Gasteiger partial charge in [-0.25, -0.2) is 8.78 Å². The summed E-state index contributed by atoms with van der Waals surface area (Å²) in [6.07, 6.45) is 1.41. The topological polar surface area (TPSA) is 15.3 Å². The van der Waals surface area contributed by atoms with Gasteiger partial charge in [0, 0.05) is 12.1 Å². The number of nitrogens with one attached hydrogen (secondary N) is 1. The molecule has 0 aliphatic carbocycles. The van der Waals surface area contributed by atoms with Gasteiger partial charge in [-0.1, -0.05) is 31.2 Å². The molecule has 0 atom stereocenters. The Morgan fingerprint density at radius 2 is 1.86 bits per heavy atom. The van der Waals surface area contributed by atoms with Crippen molar-refractivity contribution in [3.63, 3.8) is 0 Å². The molecule has 0 saturated carbocycles. The summed E-state index contributed by atoms with van der Waals surface area (Å²) in [4.78, 5) is 2.54. The fourth-order valence-electron chi connectivity index (χ4n) is 2.73. The van der Waals surface area contributed by atoms with Gasteiger partial charge in [-0.3, -0.25) is 0 Å². The van der Waals surface area contributed by atoms with Crippen LogP contribution in [0.4, 0.5) is 8.78 Å². The van der Waals surface area contributed by atoms with Crippen LogP contribution in [0, 0.1) is 5.92 Å². The monoisotopic (exact) mass is 296 g/mol. The quantitative estimate of drug-likeness (QED) is 0.769. The number of likely N-dealkylation sites (tertiary alicyclic amines) is 1. The molecule has 1 heterocycles. The average Bonchev–Trinajstić information content (AvgIpc) is 2.49. The van der Waals surface area contributed by atoms with Crippen molar-refractivity contribution in [2.24, 2.45) is 5.92 Å². The highest BCUT2D eigenvalue weighted by molar-refractivity contribution is 5.23. The van der Waals surface area contributed by atoms with Crippen molar-refractivity contribution < 1.29 is 8.78 Å². The Hall–Kier alpha value is -1.00. The predicted octanol–water partition coefficient (Wildman–Crippen LogP) is 3.84. The molecule has 118 valence electrons. The number of rotatable bonds is 7. The minimum absolute atomic E-state index is 0.0954. The van der Waals surface area contributed by atoms with E-state index in [1.54, 1.807) is 12.1 Å². The van der Waals surface area contributed by atoms with Gasteiger partial charge in [-0.2, -0.15) is 0 Å². The molecule has 0 bridgehead atoms. The molecule has 0 radical (unpaired) electrons. The SMILES string of the molecule is CC1CCN(CCCNCc2ccc(C(F)F)cc2)CC1. The highest BCUT2D eigenvalue weighted by Crippen LogP contribution is 2.18. The minimum Gasteiger partial charge on any atom is -0.313 e. The number of alkyl halides is 2. The lowest BCUT2D eigenvalue weighted by Crippen LogP contribution is -2.34. The second-order valence-corrected chi connectivity index (χ2v) is 6.10. The van der Waals surface area contributed by atoms with E-state index in [0.29, 0.717) is 0 Å². The third-order valence-electron chi connectivity index (χ3n) is 4.26. The van der Waals surface area contributed by atoms with Gasteiger partial charge in [-0.15, -0.1) is 0 Å². The van der Waals surface area contributed by atoms with Gasteiger partial charge < -0.3 is 10.2 Å².